The van der Waals surface area contributed by atoms with E-state index in [0.717, 1.165) is 17.1 Å². The normalized spacial score (nSPS) is 11.7. The van der Waals surface area contributed by atoms with Gasteiger partial charge in [0.15, 0.2) is 0 Å². The van der Waals surface area contributed by atoms with Crippen LogP contribution < -0.4 is 9.47 Å². The Labute approximate surface area is 120 Å². The summed E-state index contributed by atoms with van der Waals surface area (Å²) in [4.78, 5) is 10.6. The van der Waals surface area contributed by atoms with Crippen LogP contribution in [0.5, 0.6) is 11.5 Å². The number of allylic oxidation sites excluding steroid dienone is 1. The highest BCUT2D eigenvalue weighted by Crippen LogP contribution is 2.26. The molecule has 0 fully saturated rings. The number of ether oxygens (including phenoxy) is 2. The van der Waals surface area contributed by atoms with Crippen LogP contribution in [0.25, 0.3) is 0 Å². The summed E-state index contributed by atoms with van der Waals surface area (Å²) in [7, 11) is 0. The summed E-state index contributed by atoms with van der Waals surface area (Å²) in [6.07, 6.45) is 2.93. The smallest absolute Gasteiger partial charge is 0.303 e. The van der Waals surface area contributed by atoms with Crippen LogP contribution in [-0.2, 0) is 11.2 Å². The molecule has 0 amide bonds. The third-order valence-corrected chi connectivity index (χ3v) is 2.80. The standard InChI is InChI=1S/C16H22O4/c1-4-6-13-11-14(19-5-2)8-9-15(13)20-12(3)7-10-16(17)18/h4,8-9,11-12H,1,5-7,10H2,2-3H3,(H,17,18). The first-order valence-electron chi connectivity index (χ1n) is 6.81. The van der Waals surface area contributed by atoms with Crippen molar-refractivity contribution in [1.82, 2.24) is 0 Å². The average molecular weight is 278 g/mol. The van der Waals surface area contributed by atoms with Gasteiger partial charge in [0.1, 0.15) is 11.5 Å². The summed E-state index contributed by atoms with van der Waals surface area (Å²) < 4.78 is 11.3. The molecular weight excluding hydrogens is 256 g/mol. The monoisotopic (exact) mass is 278 g/mol. The number of carboxylic acid groups (broad SMARTS) is 1. The first-order valence-corrected chi connectivity index (χ1v) is 6.81. The summed E-state index contributed by atoms with van der Waals surface area (Å²) in [5, 5.41) is 8.68. The van der Waals surface area contributed by atoms with Gasteiger partial charge < -0.3 is 14.6 Å². The summed E-state index contributed by atoms with van der Waals surface area (Å²) in [6, 6.07) is 5.65. The highest BCUT2D eigenvalue weighted by atomic mass is 16.5. The molecule has 0 aliphatic rings. The molecule has 1 aromatic rings. The van der Waals surface area contributed by atoms with E-state index in [1.54, 1.807) is 6.08 Å². The van der Waals surface area contributed by atoms with E-state index >= 15 is 0 Å². The van der Waals surface area contributed by atoms with Gasteiger partial charge in [-0.1, -0.05) is 6.08 Å². The Morgan fingerprint density at radius 1 is 1.50 bits per heavy atom. The minimum Gasteiger partial charge on any atom is -0.494 e. The Hall–Kier alpha value is -1.97. The minimum absolute atomic E-state index is 0.106. The van der Waals surface area contributed by atoms with Crippen LogP contribution in [0.4, 0.5) is 0 Å². The highest BCUT2D eigenvalue weighted by Gasteiger charge is 2.11. The zero-order valence-electron chi connectivity index (χ0n) is 12.1. The van der Waals surface area contributed by atoms with E-state index in [-0.39, 0.29) is 12.5 Å². The van der Waals surface area contributed by atoms with E-state index in [9.17, 15) is 4.79 Å². The molecule has 0 spiro atoms. The molecule has 0 saturated heterocycles. The second-order valence-corrected chi connectivity index (χ2v) is 4.56. The van der Waals surface area contributed by atoms with Crippen LogP contribution in [0.3, 0.4) is 0 Å². The van der Waals surface area contributed by atoms with Gasteiger partial charge >= 0.3 is 5.97 Å². The average Bonchev–Trinajstić information content (AvgIpc) is 2.40. The SMILES string of the molecule is C=CCc1cc(OCC)ccc1OC(C)CCC(=O)O. The number of aliphatic carboxylic acids is 1. The van der Waals surface area contributed by atoms with Gasteiger partial charge in [0.05, 0.1) is 12.7 Å². The van der Waals surface area contributed by atoms with Gasteiger partial charge in [0.25, 0.3) is 0 Å². The minimum atomic E-state index is -0.807. The molecule has 1 unspecified atom stereocenters. The van der Waals surface area contributed by atoms with Crippen LogP contribution in [0, 0.1) is 0 Å². The van der Waals surface area contributed by atoms with E-state index in [1.165, 1.54) is 0 Å². The maximum Gasteiger partial charge on any atom is 0.303 e. The van der Waals surface area contributed by atoms with Crippen LogP contribution in [0.15, 0.2) is 30.9 Å². The molecule has 4 heteroatoms. The fourth-order valence-corrected chi connectivity index (χ4v) is 1.84. The molecule has 1 atom stereocenters. The van der Waals surface area contributed by atoms with E-state index in [1.807, 2.05) is 32.0 Å². The number of carbonyl (C=O) groups is 1. The zero-order chi connectivity index (χ0) is 15.0. The van der Waals surface area contributed by atoms with Gasteiger partial charge in [-0.15, -0.1) is 6.58 Å². The van der Waals surface area contributed by atoms with Crippen molar-refractivity contribution in [2.24, 2.45) is 0 Å². The number of rotatable bonds is 9. The Morgan fingerprint density at radius 2 is 2.25 bits per heavy atom. The van der Waals surface area contributed by atoms with Gasteiger partial charge in [-0.05, 0) is 44.9 Å². The summed E-state index contributed by atoms with van der Waals surface area (Å²) in [6.45, 7) is 8.16. The Kier molecular flexibility index (Phi) is 6.64. The third-order valence-electron chi connectivity index (χ3n) is 2.80. The van der Waals surface area contributed by atoms with Crippen LogP contribution >= 0.6 is 0 Å². The third kappa shape index (κ3) is 5.34. The fraction of sp³-hybridized carbons (Fsp3) is 0.438. The van der Waals surface area contributed by atoms with Gasteiger partial charge in [-0.3, -0.25) is 4.79 Å². The highest BCUT2D eigenvalue weighted by molar-refractivity contribution is 5.66. The van der Waals surface area contributed by atoms with Gasteiger partial charge in [-0.2, -0.15) is 0 Å². The second-order valence-electron chi connectivity index (χ2n) is 4.56. The number of hydrogen-bond donors (Lipinski definition) is 1. The lowest BCUT2D eigenvalue weighted by Crippen LogP contribution is -2.14. The van der Waals surface area contributed by atoms with Crippen molar-refractivity contribution in [3.8, 4) is 11.5 Å². The Balaban J connectivity index is 2.76. The van der Waals surface area contributed by atoms with Gasteiger partial charge in [0, 0.05) is 12.0 Å². The number of carboxylic acids is 1. The van der Waals surface area contributed by atoms with Crippen molar-refractivity contribution < 1.29 is 19.4 Å². The van der Waals surface area contributed by atoms with Crippen molar-refractivity contribution in [3.05, 3.63) is 36.4 Å². The second kappa shape index (κ2) is 8.25. The molecule has 0 aliphatic carbocycles. The molecule has 1 N–H and O–H groups in total. The lowest BCUT2D eigenvalue weighted by atomic mass is 10.1. The molecule has 0 aliphatic heterocycles. The van der Waals surface area contributed by atoms with Crippen molar-refractivity contribution in [3.63, 3.8) is 0 Å². The molecule has 4 nitrogen and oxygen atoms in total. The van der Waals surface area contributed by atoms with Gasteiger partial charge in [0.2, 0.25) is 0 Å². The van der Waals surface area contributed by atoms with Crippen LogP contribution in [0.2, 0.25) is 0 Å². The lowest BCUT2D eigenvalue weighted by Gasteiger charge is -2.17. The summed E-state index contributed by atoms with van der Waals surface area (Å²) in [5.74, 6) is 0.750. The first-order chi connectivity index (χ1) is 9.56. The van der Waals surface area contributed by atoms with E-state index < -0.39 is 5.97 Å². The molecule has 0 bridgehead atoms. The van der Waals surface area contributed by atoms with E-state index in [0.29, 0.717) is 19.4 Å². The van der Waals surface area contributed by atoms with E-state index in [2.05, 4.69) is 6.58 Å². The zero-order valence-corrected chi connectivity index (χ0v) is 12.1. The first kappa shape index (κ1) is 16.1. The molecule has 1 rings (SSSR count). The summed E-state index contributed by atoms with van der Waals surface area (Å²) >= 11 is 0. The molecule has 110 valence electrons. The molecule has 0 saturated carbocycles. The number of hydrogen-bond acceptors (Lipinski definition) is 3. The van der Waals surface area contributed by atoms with Crippen LogP contribution in [-0.4, -0.2) is 23.8 Å². The molecule has 0 heterocycles. The predicted octanol–water partition coefficient (Wildman–Crippen LogP) is 3.45. The van der Waals surface area contributed by atoms with Crippen molar-refractivity contribution in [2.75, 3.05) is 6.61 Å². The Bertz CT molecular complexity index is 454. The maximum atomic E-state index is 10.6. The largest absolute Gasteiger partial charge is 0.494 e. The fourth-order valence-electron chi connectivity index (χ4n) is 1.84. The quantitative estimate of drug-likeness (QED) is 0.703. The molecular formula is C16H22O4. The van der Waals surface area contributed by atoms with Crippen molar-refractivity contribution >= 4 is 5.97 Å². The Morgan fingerprint density at radius 3 is 2.85 bits per heavy atom. The van der Waals surface area contributed by atoms with E-state index in [4.69, 9.17) is 14.6 Å². The maximum absolute atomic E-state index is 10.6. The molecule has 1 aromatic carbocycles. The lowest BCUT2D eigenvalue weighted by molar-refractivity contribution is -0.137. The molecule has 20 heavy (non-hydrogen) atoms. The molecule has 0 aromatic heterocycles. The number of benzene rings is 1. The summed E-state index contributed by atoms with van der Waals surface area (Å²) in [5.41, 5.74) is 0.994. The van der Waals surface area contributed by atoms with Crippen LogP contribution in [0.1, 0.15) is 32.3 Å². The van der Waals surface area contributed by atoms with Crippen molar-refractivity contribution in [2.45, 2.75) is 39.2 Å². The topological polar surface area (TPSA) is 55.8 Å². The predicted molar refractivity (Wildman–Crippen MR) is 78.5 cm³/mol. The molecule has 0 radical (unpaired) electrons. The van der Waals surface area contributed by atoms with Crippen molar-refractivity contribution in [1.29, 1.82) is 0 Å². The van der Waals surface area contributed by atoms with Gasteiger partial charge in [-0.25, -0.2) is 0 Å².